The number of nitrogens with zero attached hydrogens (tertiary/aromatic N) is 1. The number of amides is 1. The molecule has 4 nitrogen and oxygen atoms in total. The maximum absolute atomic E-state index is 11.8. The van der Waals surface area contributed by atoms with Crippen molar-refractivity contribution in [3.8, 4) is 0 Å². The lowest BCUT2D eigenvalue weighted by atomic mass is 10.3. The molecule has 2 aromatic rings. The molecule has 0 radical (unpaired) electrons. The smallest absolute Gasteiger partial charge is 0.244 e. The molecule has 1 aromatic carbocycles. The van der Waals surface area contributed by atoms with E-state index in [2.05, 4.69) is 21.2 Å². The summed E-state index contributed by atoms with van der Waals surface area (Å²) in [7, 11) is 0. The summed E-state index contributed by atoms with van der Waals surface area (Å²) in [6, 6.07) is 7.43. The number of halogens is 1. The summed E-state index contributed by atoms with van der Waals surface area (Å²) in [5.41, 5.74) is 0.736. The Kier molecular flexibility index (Phi) is 3.75. The average molecular weight is 312 g/mol. The number of aromatic nitrogens is 1. The highest BCUT2D eigenvalue weighted by molar-refractivity contribution is 9.10. The van der Waals surface area contributed by atoms with Gasteiger partial charge in [-0.05, 0) is 28.1 Å². The zero-order chi connectivity index (χ0) is 12.3. The normalized spacial score (nSPS) is 10.2. The number of rotatable bonds is 3. The van der Waals surface area contributed by atoms with Gasteiger partial charge in [0.1, 0.15) is 6.54 Å². The van der Waals surface area contributed by atoms with Gasteiger partial charge in [0.15, 0.2) is 4.80 Å². The van der Waals surface area contributed by atoms with Crippen LogP contribution in [-0.2, 0) is 11.3 Å². The quantitative estimate of drug-likeness (QED) is 0.898. The van der Waals surface area contributed by atoms with Crippen LogP contribution in [0.5, 0.6) is 0 Å². The zero-order valence-electron chi connectivity index (χ0n) is 8.81. The number of carbonyl (C=O) groups excluding carboxylic acids is 1. The van der Waals surface area contributed by atoms with E-state index in [1.54, 1.807) is 16.1 Å². The van der Waals surface area contributed by atoms with E-state index in [0.29, 0.717) is 4.80 Å². The molecule has 0 fully saturated rings. The van der Waals surface area contributed by atoms with E-state index in [1.807, 2.05) is 24.3 Å². The zero-order valence-corrected chi connectivity index (χ0v) is 11.2. The number of benzene rings is 1. The lowest BCUT2D eigenvalue weighted by Gasteiger charge is -2.07. The molecule has 0 bridgehead atoms. The summed E-state index contributed by atoms with van der Waals surface area (Å²) in [4.78, 5) is 12.1. The van der Waals surface area contributed by atoms with Gasteiger partial charge in [-0.3, -0.25) is 10.2 Å². The van der Waals surface area contributed by atoms with Crippen molar-refractivity contribution in [1.82, 2.24) is 4.57 Å². The topological polar surface area (TPSA) is 57.9 Å². The van der Waals surface area contributed by atoms with Crippen LogP contribution >= 0.6 is 27.3 Å². The number of hydrogen-bond donors (Lipinski definition) is 2. The molecule has 17 heavy (non-hydrogen) atoms. The summed E-state index contributed by atoms with van der Waals surface area (Å²) in [5, 5.41) is 12.1. The predicted molar refractivity (Wildman–Crippen MR) is 70.9 cm³/mol. The van der Waals surface area contributed by atoms with Crippen LogP contribution in [0.4, 0.5) is 5.69 Å². The number of thiazole rings is 1. The van der Waals surface area contributed by atoms with Crippen molar-refractivity contribution >= 4 is 38.9 Å². The van der Waals surface area contributed by atoms with Crippen LogP contribution in [0.25, 0.3) is 0 Å². The Morgan fingerprint density at radius 1 is 1.47 bits per heavy atom. The van der Waals surface area contributed by atoms with Crippen LogP contribution in [0.3, 0.4) is 0 Å². The first-order valence-electron chi connectivity index (χ1n) is 4.90. The van der Waals surface area contributed by atoms with Gasteiger partial charge in [-0.2, -0.15) is 0 Å². The molecule has 1 heterocycles. The fourth-order valence-corrected chi connectivity index (χ4v) is 2.32. The molecular formula is C11H10BrN3OS. The molecule has 0 aliphatic carbocycles. The summed E-state index contributed by atoms with van der Waals surface area (Å²) >= 11 is 4.66. The van der Waals surface area contributed by atoms with Gasteiger partial charge in [-0.25, -0.2) is 0 Å². The fraction of sp³-hybridized carbons (Fsp3) is 0.0909. The number of anilines is 1. The minimum Gasteiger partial charge on any atom is -0.324 e. The van der Waals surface area contributed by atoms with E-state index in [-0.39, 0.29) is 12.5 Å². The predicted octanol–water partition coefficient (Wildman–Crippen LogP) is 2.43. The first kappa shape index (κ1) is 12.1. The molecule has 0 unspecified atom stereocenters. The Hall–Kier alpha value is -1.40. The minimum absolute atomic E-state index is 0.145. The molecule has 0 saturated heterocycles. The minimum atomic E-state index is -0.145. The highest BCUT2D eigenvalue weighted by atomic mass is 79.9. The van der Waals surface area contributed by atoms with E-state index in [4.69, 9.17) is 5.41 Å². The third-order valence-corrected chi connectivity index (χ3v) is 3.55. The summed E-state index contributed by atoms with van der Waals surface area (Å²) < 4.78 is 2.44. The lowest BCUT2D eigenvalue weighted by Crippen LogP contribution is -2.23. The van der Waals surface area contributed by atoms with Crippen LogP contribution in [0, 0.1) is 5.41 Å². The second-order valence-corrected chi connectivity index (χ2v) is 5.11. The van der Waals surface area contributed by atoms with Crippen LogP contribution in [-0.4, -0.2) is 10.5 Å². The van der Waals surface area contributed by atoms with E-state index < -0.39 is 0 Å². The van der Waals surface area contributed by atoms with Gasteiger partial charge in [-0.1, -0.05) is 12.1 Å². The molecule has 0 saturated carbocycles. The van der Waals surface area contributed by atoms with Gasteiger partial charge in [0.2, 0.25) is 5.91 Å². The molecule has 1 aromatic heterocycles. The van der Waals surface area contributed by atoms with Crippen molar-refractivity contribution in [2.24, 2.45) is 0 Å². The Labute approximate surface area is 111 Å². The van der Waals surface area contributed by atoms with Crippen molar-refractivity contribution in [2.75, 3.05) is 5.32 Å². The lowest BCUT2D eigenvalue weighted by molar-refractivity contribution is -0.116. The Bertz CT molecular complexity index is 590. The number of hydrogen-bond acceptors (Lipinski definition) is 3. The third kappa shape index (κ3) is 3.04. The van der Waals surface area contributed by atoms with E-state index >= 15 is 0 Å². The maximum Gasteiger partial charge on any atom is 0.244 e. The molecule has 0 aliphatic heterocycles. The largest absolute Gasteiger partial charge is 0.324 e. The highest BCUT2D eigenvalue weighted by Crippen LogP contribution is 2.20. The first-order valence-corrected chi connectivity index (χ1v) is 6.57. The first-order chi connectivity index (χ1) is 8.16. The Balaban J connectivity index is 2.06. The second kappa shape index (κ2) is 5.29. The maximum atomic E-state index is 11.8. The van der Waals surface area contributed by atoms with Crippen LogP contribution in [0.2, 0.25) is 0 Å². The molecule has 2 N–H and O–H groups in total. The van der Waals surface area contributed by atoms with E-state index in [9.17, 15) is 4.79 Å². The molecule has 0 aliphatic rings. The van der Waals surface area contributed by atoms with E-state index in [0.717, 1.165) is 10.2 Å². The van der Waals surface area contributed by atoms with Gasteiger partial charge in [0.05, 0.1) is 5.69 Å². The Morgan fingerprint density at radius 3 is 2.88 bits per heavy atom. The summed E-state index contributed by atoms with van der Waals surface area (Å²) in [6.07, 6.45) is 1.73. The van der Waals surface area contributed by atoms with Gasteiger partial charge >= 0.3 is 0 Å². The fourth-order valence-electron chi connectivity index (χ4n) is 1.34. The third-order valence-electron chi connectivity index (χ3n) is 2.14. The van der Waals surface area contributed by atoms with Crippen molar-refractivity contribution in [3.63, 3.8) is 0 Å². The van der Waals surface area contributed by atoms with Crippen molar-refractivity contribution in [3.05, 3.63) is 45.1 Å². The number of nitrogens with one attached hydrogen (secondary N) is 2. The average Bonchev–Trinajstić information content (AvgIpc) is 2.68. The van der Waals surface area contributed by atoms with Gasteiger partial charge < -0.3 is 9.88 Å². The summed E-state index contributed by atoms with van der Waals surface area (Å²) in [6.45, 7) is 0.156. The molecule has 1 amide bonds. The van der Waals surface area contributed by atoms with Gasteiger partial charge in [0, 0.05) is 16.0 Å². The monoisotopic (exact) mass is 311 g/mol. The SMILES string of the molecule is N=c1sccn1CC(=O)Nc1ccccc1Br. The molecule has 2 rings (SSSR count). The highest BCUT2D eigenvalue weighted by Gasteiger charge is 2.06. The standard InChI is InChI=1S/C11H10BrN3OS/c12-8-3-1-2-4-9(8)14-10(16)7-15-5-6-17-11(15)13/h1-6,13H,7H2,(H,14,16). The van der Waals surface area contributed by atoms with Crippen molar-refractivity contribution in [1.29, 1.82) is 5.41 Å². The molecule has 0 atom stereocenters. The van der Waals surface area contributed by atoms with Crippen LogP contribution in [0.15, 0.2) is 40.3 Å². The number of carbonyl (C=O) groups is 1. The molecule has 88 valence electrons. The summed E-state index contributed by atoms with van der Waals surface area (Å²) in [5.74, 6) is -0.145. The van der Waals surface area contributed by atoms with Crippen molar-refractivity contribution < 1.29 is 4.79 Å². The van der Waals surface area contributed by atoms with Gasteiger partial charge in [0.25, 0.3) is 0 Å². The van der Waals surface area contributed by atoms with Crippen LogP contribution < -0.4 is 10.1 Å². The van der Waals surface area contributed by atoms with Gasteiger partial charge in [-0.15, -0.1) is 11.3 Å². The molecule has 6 heteroatoms. The van der Waals surface area contributed by atoms with Crippen molar-refractivity contribution in [2.45, 2.75) is 6.54 Å². The second-order valence-electron chi connectivity index (χ2n) is 3.36. The molecular weight excluding hydrogens is 302 g/mol. The Morgan fingerprint density at radius 2 is 2.24 bits per heavy atom. The van der Waals surface area contributed by atoms with Crippen LogP contribution in [0.1, 0.15) is 0 Å². The number of para-hydroxylation sites is 1. The van der Waals surface area contributed by atoms with E-state index in [1.165, 1.54) is 11.3 Å². The molecule has 0 spiro atoms.